The zero-order valence-electron chi connectivity index (χ0n) is 10.5. The standard InChI is InChI=1S/C12H20N4O/c1-13-7-10-5-3-4-6-16(10)12-14-8-11(17-2)9-15-12/h8-10,13H,3-7H2,1-2H3. The third-order valence-electron chi connectivity index (χ3n) is 3.17. The molecule has 0 bridgehead atoms. The van der Waals surface area contributed by atoms with Crippen LogP contribution in [-0.4, -0.2) is 43.3 Å². The molecule has 2 heterocycles. The van der Waals surface area contributed by atoms with Gasteiger partial charge in [0.25, 0.3) is 0 Å². The van der Waals surface area contributed by atoms with Crippen LogP contribution in [0.5, 0.6) is 5.75 Å². The SMILES string of the molecule is CNCC1CCCCN1c1ncc(OC)cn1. The summed E-state index contributed by atoms with van der Waals surface area (Å²) in [5, 5.41) is 3.24. The summed E-state index contributed by atoms with van der Waals surface area (Å²) >= 11 is 0. The van der Waals surface area contributed by atoms with Crippen LogP contribution in [0.4, 0.5) is 5.95 Å². The van der Waals surface area contributed by atoms with Crippen molar-refractivity contribution in [2.75, 3.05) is 32.1 Å². The number of likely N-dealkylation sites (N-methyl/N-ethyl adjacent to an activating group) is 1. The zero-order valence-corrected chi connectivity index (χ0v) is 10.5. The third-order valence-corrected chi connectivity index (χ3v) is 3.17. The third kappa shape index (κ3) is 2.85. The molecule has 1 aromatic heterocycles. The predicted octanol–water partition coefficient (Wildman–Crippen LogP) is 1.06. The van der Waals surface area contributed by atoms with E-state index in [0.29, 0.717) is 11.8 Å². The average Bonchev–Trinajstić information content (AvgIpc) is 2.40. The van der Waals surface area contributed by atoms with Crippen LogP contribution in [0.25, 0.3) is 0 Å². The zero-order chi connectivity index (χ0) is 12.1. The van der Waals surface area contributed by atoms with Crippen molar-refractivity contribution in [2.45, 2.75) is 25.3 Å². The molecule has 1 aliphatic heterocycles. The maximum Gasteiger partial charge on any atom is 0.225 e. The number of hydrogen-bond acceptors (Lipinski definition) is 5. The largest absolute Gasteiger partial charge is 0.494 e. The second kappa shape index (κ2) is 5.82. The summed E-state index contributed by atoms with van der Waals surface area (Å²) in [7, 11) is 3.62. The first-order valence-corrected chi connectivity index (χ1v) is 6.12. The Bertz CT molecular complexity index is 339. The van der Waals surface area contributed by atoms with Gasteiger partial charge in [0.05, 0.1) is 19.5 Å². The molecule has 0 saturated carbocycles. The maximum atomic E-state index is 5.07. The molecule has 0 radical (unpaired) electrons. The number of piperidine rings is 1. The Morgan fingerprint density at radius 1 is 1.41 bits per heavy atom. The topological polar surface area (TPSA) is 50.3 Å². The van der Waals surface area contributed by atoms with E-state index in [1.165, 1.54) is 19.3 Å². The summed E-state index contributed by atoms with van der Waals surface area (Å²) in [5.74, 6) is 1.52. The minimum absolute atomic E-state index is 0.502. The molecule has 1 fully saturated rings. The first-order chi connectivity index (χ1) is 8.35. The number of rotatable bonds is 4. The number of nitrogens with one attached hydrogen (secondary N) is 1. The van der Waals surface area contributed by atoms with Crippen molar-refractivity contribution in [3.8, 4) is 5.75 Å². The lowest BCUT2D eigenvalue weighted by Crippen LogP contribution is -2.45. The molecular formula is C12H20N4O. The molecule has 94 valence electrons. The van der Waals surface area contributed by atoms with E-state index in [9.17, 15) is 0 Å². The molecule has 0 amide bonds. The Kier molecular flexibility index (Phi) is 4.14. The molecule has 5 heteroatoms. The first-order valence-electron chi connectivity index (χ1n) is 6.12. The van der Waals surface area contributed by atoms with Gasteiger partial charge in [0.15, 0.2) is 5.75 Å². The highest BCUT2D eigenvalue weighted by molar-refractivity contribution is 5.33. The molecule has 1 N–H and O–H groups in total. The quantitative estimate of drug-likeness (QED) is 0.847. The highest BCUT2D eigenvalue weighted by Gasteiger charge is 2.23. The number of hydrogen-bond donors (Lipinski definition) is 1. The molecule has 17 heavy (non-hydrogen) atoms. The van der Waals surface area contributed by atoms with E-state index in [-0.39, 0.29) is 0 Å². The second-order valence-corrected chi connectivity index (χ2v) is 4.32. The van der Waals surface area contributed by atoms with Gasteiger partial charge in [0.2, 0.25) is 5.95 Å². The van der Waals surface area contributed by atoms with Gasteiger partial charge in [-0.3, -0.25) is 0 Å². The lowest BCUT2D eigenvalue weighted by atomic mass is 10.0. The second-order valence-electron chi connectivity index (χ2n) is 4.32. The van der Waals surface area contributed by atoms with Crippen LogP contribution in [0.3, 0.4) is 0 Å². The minimum atomic E-state index is 0.502. The molecule has 2 rings (SSSR count). The van der Waals surface area contributed by atoms with Gasteiger partial charge in [0.1, 0.15) is 0 Å². The fourth-order valence-electron chi connectivity index (χ4n) is 2.27. The fourth-order valence-corrected chi connectivity index (χ4v) is 2.27. The number of anilines is 1. The van der Waals surface area contributed by atoms with E-state index >= 15 is 0 Å². The van der Waals surface area contributed by atoms with E-state index in [1.807, 2.05) is 7.05 Å². The Morgan fingerprint density at radius 3 is 2.82 bits per heavy atom. The van der Waals surface area contributed by atoms with Crippen molar-refractivity contribution in [1.82, 2.24) is 15.3 Å². The molecule has 0 spiro atoms. The molecule has 5 nitrogen and oxygen atoms in total. The molecule has 1 aromatic rings. The van der Waals surface area contributed by atoms with Gasteiger partial charge in [-0.15, -0.1) is 0 Å². The van der Waals surface area contributed by atoms with Gasteiger partial charge in [-0.05, 0) is 26.3 Å². The van der Waals surface area contributed by atoms with Crippen LogP contribution in [0.1, 0.15) is 19.3 Å². The molecule has 1 unspecified atom stereocenters. The Balaban J connectivity index is 2.11. The normalized spacial score (nSPS) is 20.4. The van der Waals surface area contributed by atoms with Crippen LogP contribution in [0.15, 0.2) is 12.4 Å². The van der Waals surface area contributed by atoms with Gasteiger partial charge >= 0.3 is 0 Å². The van der Waals surface area contributed by atoms with Crippen molar-refractivity contribution in [1.29, 1.82) is 0 Å². The summed E-state index contributed by atoms with van der Waals surface area (Å²) in [5.41, 5.74) is 0. The molecule has 1 atom stereocenters. The van der Waals surface area contributed by atoms with Gasteiger partial charge < -0.3 is 15.0 Å². The van der Waals surface area contributed by atoms with Crippen LogP contribution < -0.4 is 15.0 Å². The summed E-state index contributed by atoms with van der Waals surface area (Å²) in [6.45, 7) is 2.02. The number of aromatic nitrogens is 2. The van der Waals surface area contributed by atoms with Crippen molar-refractivity contribution in [2.24, 2.45) is 0 Å². The summed E-state index contributed by atoms with van der Waals surface area (Å²) in [6, 6.07) is 0.502. The van der Waals surface area contributed by atoms with E-state index in [2.05, 4.69) is 20.2 Å². The van der Waals surface area contributed by atoms with Gasteiger partial charge in [-0.1, -0.05) is 0 Å². The average molecular weight is 236 g/mol. The van der Waals surface area contributed by atoms with E-state index in [4.69, 9.17) is 4.74 Å². The number of methoxy groups -OCH3 is 1. The van der Waals surface area contributed by atoms with Crippen LogP contribution in [0.2, 0.25) is 0 Å². The highest BCUT2D eigenvalue weighted by Crippen LogP contribution is 2.21. The van der Waals surface area contributed by atoms with E-state index < -0.39 is 0 Å². The molecule has 1 aliphatic rings. The Labute approximate surface area is 102 Å². The van der Waals surface area contributed by atoms with Gasteiger partial charge in [-0.2, -0.15) is 0 Å². The van der Waals surface area contributed by atoms with Crippen LogP contribution in [0, 0.1) is 0 Å². The van der Waals surface area contributed by atoms with E-state index in [0.717, 1.165) is 19.0 Å². The molecule has 0 aromatic carbocycles. The van der Waals surface area contributed by atoms with Gasteiger partial charge in [0, 0.05) is 19.1 Å². The van der Waals surface area contributed by atoms with Crippen LogP contribution in [-0.2, 0) is 0 Å². The Hall–Kier alpha value is -1.36. The van der Waals surface area contributed by atoms with Gasteiger partial charge in [-0.25, -0.2) is 9.97 Å². The van der Waals surface area contributed by atoms with E-state index in [1.54, 1.807) is 19.5 Å². The van der Waals surface area contributed by atoms with Crippen molar-refractivity contribution in [3.63, 3.8) is 0 Å². The monoisotopic (exact) mass is 236 g/mol. The maximum absolute atomic E-state index is 5.07. The number of ether oxygens (including phenoxy) is 1. The first kappa shape index (κ1) is 12.1. The smallest absolute Gasteiger partial charge is 0.225 e. The highest BCUT2D eigenvalue weighted by atomic mass is 16.5. The fraction of sp³-hybridized carbons (Fsp3) is 0.667. The summed E-state index contributed by atoms with van der Waals surface area (Å²) in [6.07, 6.45) is 7.17. The summed E-state index contributed by atoms with van der Waals surface area (Å²) < 4.78 is 5.07. The van der Waals surface area contributed by atoms with Crippen LogP contribution >= 0.6 is 0 Å². The Morgan fingerprint density at radius 2 is 2.18 bits per heavy atom. The van der Waals surface area contributed by atoms with Crippen molar-refractivity contribution >= 4 is 5.95 Å². The van der Waals surface area contributed by atoms with Crippen molar-refractivity contribution < 1.29 is 4.74 Å². The minimum Gasteiger partial charge on any atom is -0.494 e. The number of nitrogens with zero attached hydrogens (tertiary/aromatic N) is 3. The lowest BCUT2D eigenvalue weighted by molar-refractivity contribution is 0.408. The molecule has 0 aliphatic carbocycles. The predicted molar refractivity (Wildman–Crippen MR) is 67.5 cm³/mol. The lowest BCUT2D eigenvalue weighted by Gasteiger charge is -2.35. The molecule has 1 saturated heterocycles. The van der Waals surface area contributed by atoms with Crippen molar-refractivity contribution in [3.05, 3.63) is 12.4 Å². The molecular weight excluding hydrogens is 216 g/mol. The summed E-state index contributed by atoms with van der Waals surface area (Å²) in [4.78, 5) is 11.0.